The molecule has 1 saturated carbocycles. The second-order valence-corrected chi connectivity index (χ2v) is 5.35. The molecule has 0 aromatic heterocycles. The standard InChI is InChI=1S/C16H20FNO2/c1-11(12-2-4-13(17)5-3-12)10-16(20)18-14-6-8-15(19)9-7-14/h2-5,10,14-15,19H,6-9H2,1H3,(H,18,20). The number of aliphatic hydroxyl groups excluding tert-OH is 1. The van der Waals surface area contributed by atoms with Crippen LogP contribution in [-0.4, -0.2) is 23.2 Å². The third kappa shape index (κ3) is 4.17. The van der Waals surface area contributed by atoms with Crippen LogP contribution < -0.4 is 5.32 Å². The summed E-state index contributed by atoms with van der Waals surface area (Å²) < 4.78 is 12.8. The van der Waals surface area contributed by atoms with Gasteiger partial charge in [-0.05, 0) is 55.9 Å². The lowest BCUT2D eigenvalue weighted by Gasteiger charge is -2.25. The smallest absolute Gasteiger partial charge is 0.244 e. The Labute approximate surface area is 118 Å². The van der Waals surface area contributed by atoms with Crippen molar-refractivity contribution in [2.24, 2.45) is 0 Å². The van der Waals surface area contributed by atoms with Crippen LogP contribution in [0.2, 0.25) is 0 Å². The van der Waals surface area contributed by atoms with Gasteiger partial charge >= 0.3 is 0 Å². The molecule has 0 radical (unpaired) electrons. The van der Waals surface area contributed by atoms with Gasteiger partial charge in [-0.15, -0.1) is 0 Å². The van der Waals surface area contributed by atoms with Gasteiger partial charge in [0.25, 0.3) is 0 Å². The molecule has 0 heterocycles. The average molecular weight is 277 g/mol. The Morgan fingerprint density at radius 2 is 1.85 bits per heavy atom. The lowest BCUT2D eigenvalue weighted by Crippen LogP contribution is -2.37. The first-order valence-electron chi connectivity index (χ1n) is 6.97. The lowest BCUT2D eigenvalue weighted by atomic mass is 9.93. The Bertz CT molecular complexity index is 488. The highest BCUT2D eigenvalue weighted by molar-refractivity contribution is 5.94. The van der Waals surface area contributed by atoms with Crippen LogP contribution >= 0.6 is 0 Å². The predicted molar refractivity (Wildman–Crippen MR) is 76.5 cm³/mol. The van der Waals surface area contributed by atoms with Crippen molar-refractivity contribution in [3.8, 4) is 0 Å². The number of aliphatic hydroxyl groups is 1. The monoisotopic (exact) mass is 277 g/mol. The molecule has 2 N–H and O–H groups in total. The maximum Gasteiger partial charge on any atom is 0.244 e. The third-order valence-corrected chi connectivity index (χ3v) is 3.69. The highest BCUT2D eigenvalue weighted by atomic mass is 19.1. The molecular formula is C16H20FNO2. The molecule has 0 atom stereocenters. The van der Waals surface area contributed by atoms with Crippen LogP contribution in [-0.2, 0) is 4.79 Å². The Balaban J connectivity index is 1.92. The maximum atomic E-state index is 12.8. The number of halogens is 1. The number of amides is 1. The molecule has 2 rings (SSSR count). The molecule has 0 aliphatic heterocycles. The summed E-state index contributed by atoms with van der Waals surface area (Å²) in [6.45, 7) is 1.83. The van der Waals surface area contributed by atoms with Crippen LogP contribution in [0, 0.1) is 5.82 Å². The van der Waals surface area contributed by atoms with E-state index in [-0.39, 0.29) is 23.9 Å². The average Bonchev–Trinajstić information content (AvgIpc) is 2.42. The van der Waals surface area contributed by atoms with E-state index in [2.05, 4.69) is 5.32 Å². The Hall–Kier alpha value is -1.68. The van der Waals surface area contributed by atoms with Gasteiger partial charge in [-0.25, -0.2) is 4.39 Å². The molecule has 20 heavy (non-hydrogen) atoms. The maximum absolute atomic E-state index is 12.8. The summed E-state index contributed by atoms with van der Waals surface area (Å²) in [7, 11) is 0. The zero-order valence-corrected chi connectivity index (χ0v) is 11.6. The van der Waals surface area contributed by atoms with E-state index in [9.17, 15) is 14.3 Å². The number of carbonyl (C=O) groups is 1. The molecule has 1 fully saturated rings. The number of hydrogen-bond donors (Lipinski definition) is 2. The zero-order valence-electron chi connectivity index (χ0n) is 11.6. The molecular weight excluding hydrogens is 257 g/mol. The minimum atomic E-state index is -0.285. The minimum Gasteiger partial charge on any atom is -0.393 e. The summed E-state index contributed by atoms with van der Waals surface area (Å²) in [6, 6.07) is 6.22. The van der Waals surface area contributed by atoms with E-state index in [4.69, 9.17) is 0 Å². The molecule has 0 spiro atoms. The molecule has 1 aliphatic rings. The second-order valence-electron chi connectivity index (χ2n) is 5.35. The molecule has 3 nitrogen and oxygen atoms in total. The zero-order chi connectivity index (χ0) is 14.5. The van der Waals surface area contributed by atoms with Crippen LogP contribution in [0.5, 0.6) is 0 Å². The summed E-state index contributed by atoms with van der Waals surface area (Å²) in [4.78, 5) is 11.9. The van der Waals surface area contributed by atoms with Crippen molar-refractivity contribution < 1.29 is 14.3 Å². The fourth-order valence-corrected chi connectivity index (χ4v) is 2.46. The second kappa shape index (κ2) is 6.66. The lowest BCUT2D eigenvalue weighted by molar-refractivity contribution is -0.117. The van der Waals surface area contributed by atoms with Gasteiger partial charge in [-0.1, -0.05) is 12.1 Å². The van der Waals surface area contributed by atoms with Gasteiger partial charge in [0.1, 0.15) is 5.82 Å². The molecule has 4 heteroatoms. The van der Waals surface area contributed by atoms with Gasteiger partial charge in [-0.2, -0.15) is 0 Å². The van der Waals surface area contributed by atoms with E-state index in [0.717, 1.165) is 36.8 Å². The first kappa shape index (κ1) is 14.7. The first-order valence-corrected chi connectivity index (χ1v) is 6.97. The number of nitrogens with one attached hydrogen (secondary N) is 1. The van der Waals surface area contributed by atoms with Crippen molar-refractivity contribution in [2.45, 2.75) is 44.8 Å². The van der Waals surface area contributed by atoms with Gasteiger partial charge in [0, 0.05) is 12.1 Å². The van der Waals surface area contributed by atoms with Crippen molar-refractivity contribution in [3.05, 3.63) is 41.7 Å². The predicted octanol–water partition coefficient (Wildman–Crippen LogP) is 2.65. The molecule has 0 bridgehead atoms. The number of hydrogen-bond acceptors (Lipinski definition) is 2. The fourth-order valence-electron chi connectivity index (χ4n) is 2.46. The summed E-state index contributed by atoms with van der Waals surface area (Å²) in [5, 5.41) is 12.4. The Morgan fingerprint density at radius 1 is 1.25 bits per heavy atom. The van der Waals surface area contributed by atoms with Crippen LogP contribution in [0.25, 0.3) is 5.57 Å². The molecule has 1 aromatic rings. The van der Waals surface area contributed by atoms with Crippen molar-refractivity contribution >= 4 is 11.5 Å². The van der Waals surface area contributed by atoms with Crippen LogP contribution in [0.4, 0.5) is 4.39 Å². The van der Waals surface area contributed by atoms with Gasteiger partial charge < -0.3 is 10.4 Å². The summed E-state index contributed by atoms with van der Waals surface area (Å²) >= 11 is 0. The number of carbonyl (C=O) groups excluding carboxylic acids is 1. The number of benzene rings is 1. The van der Waals surface area contributed by atoms with E-state index in [1.54, 1.807) is 12.1 Å². The van der Waals surface area contributed by atoms with E-state index >= 15 is 0 Å². The number of rotatable bonds is 3. The largest absolute Gasteiger partial charge is 0.393 e. The highest BCUT2D eigenvalue weighted by Crippen LogP contribution is 2.19. The van der Waals surface area contributed by atoms with Gasteiger partial charge in [0.15, 0.2) is 0 Å². The van der Waals surface area contributed by atoms with Crippen molar-refractivity contribution in [1.82, 2.24) is 5.32 Å². The quantitative estimate of drug-likeness (QED) is 0.834. The summed E-state index contributed by atoms with van der Waals surface area (Å²) in [5.74, 6) is -0.417. The molecule has 1 amide bonds. The highest BCUT2D eigenvalue weighted by Gasteiger charge is 2.20. The van der Waals surface area contributed by atoms with Gasteiger partial charge in [-0.3, -0.25) is 4.79 Å². The normalized spacial score (nSPS) is 23.4. The third-order valence-electron chi connectivity index (χ3n) is 3.69. The first-order chi connectivity index (χ1) is 9.54. The van der Waals surface area contributed by atoms with Crippen LogP contribution in [0.3, 0.4) is 0 Å². The van der Waals surface area contributed by atoms with Gasteiger partial charge in [0.05, 0.1) is 6.10 Å². The molecule has 108 valence electrons. The topological polar surface area (TPSA) is 49.3 Å². The molecule has 0 unspecified atom stereocenters. The molecule has 1 aliphatic carbocycles. The van der Waals surface area contributed by atoms with E-state index in [1.807, 2.05) is 6.92 Å². The van der Waals surface area contributed by atoms with Crippen molar-refractivity contribution in [1.29, 1.82) is 0 Å². The van der Waals surface area contributed by atoms with Gasteiger partial charge in [0.2, 0.25) is 5.91 Å². The van der Waals surface area contributed by atoms with E-state index in [0.29, 0.717) is 0 Å². The molecule has 1 aromatic carbocycles. The number of allylic oxidation sites excluding steroid dienone is 1. The summed E-state index contributed by atoms with van der Waals surface area (Å²) in [5.41, 5.74) is 1.64. The van der Waals surface area contributed by atoms with E-state index < -0.39 is 0 Å². The fraction of sp³-hybridized carbons (Fsp3) is 0.438. The molecule has 0 saturated heterocycles. The van der Waals surface area contributed by atoms with E-state index in [1.165, 1.54) is 18.2 Å². The SMILES string of the molecule is CC(=CC(=O)NC1CCC(O)CC1)c1ccc(F)cc1. The van der Waals surface area contributed by atoms with Crippen molar-refractivity contribution in [2.75, 3.05) is 0 Å². The van der Waals surface area contributed by atoms with Crippen LogP contribution in [0.1, 0.15) is 38.2 Å². The summed E-state index contributed by atoms with van der Waals surface area (Å²) in [6.07, 6.45) is 4.43. The van der Waals surface area contributed by atoms with Crippen LogP contribution in [0.15, 0.2) is 30.3 Å². The Morgan fingerprint density at radius 3 is 2.45 bits per heavy atom. The Kier molecular flexibility index (Phi) is 4.90. The van der Waals surface area contributed by atoms with Crippen molar-refractivity contribution in [3.63, 3.8) is 0 Å². The minimum absolute atomic E-state index is 0.131.